The highest BCUT2D eigenvalue weighted by atomic mass is 16.5. The zero-order valence-corrected chi connectivity index (χ0v) is 19.9. The first-order valence-electron chi connectivity index (χ1n) is 12.8. The van der Waals surface area contributed by atoms with Crippen molar-refractivity contribution in [2.75, 3.05) is 0 Å². The lowest BCUT2D eigenvalue weighted by molar-refractivity contribution is 0.0696. The quantitative estimate of drug-likeness (QED) is 0.418. The van der Waals surface area contributed by atoms with Gasteiger partial charge in [0.1, 0.15) is 12.4 Å². The smallest absolute Gasteiger partial charge is 0.335 e. The van der Waals surface area contributed by atoms with Gasteiger partial charge in [0.15, 0.2) is 0 Å². The zero-order valence-electron chi connectivity index (χ0n) is 19.9. The molecule has 3 aromatic carbocycles. The predicted molar refractivity (Wildman–Crippen MR) is 140 cm³/mol. The molecular formula is C32H30O3. The highest BCUT2D eigenvalue weighted by Gasteiger charge is 2.37. The minimum absolute atomic E-state index is 0.204. The van der Waals surface area contributed by atoms with Crippen LogP contribution in [0.25, 0.3) is 17.2 Å². The second-order valence-corrected chi connectivity index (χ2v) is 9.98. The standard InChI is InChI=1S/C32H30O3/c33-32(34)24-14-16-28-29(19-24)27-13-7-12-23-18-25(35-20-21-8-3-1-4-9-21)15-17-26(23)31(27)30(28)22-10-5-2-6-11-22/h1,3-4,7-9,12,14-19,22,27H,2,5-6,10-11,13,20H2,(H,33,34). The van der Waals surface area contributed by atoms with Crippen molar-refractivity contribution in [2.45, 2.75) is 51.0 Å². The molecule has 0 bridgehead atoms. The molecule has 3 aliphatic carbocycles. The van der Waals surface area contributed by atoms with Crippen LogP contribution >= 0.6 is 0 Å². The van der Waals surface area contributed by atoms with Gasteiger partial charge in [0.25, 0.3) is 0 Å². The van der Waals surface area contributed by atoms with Gasteiger partial charge in [-0.25, -0.2) is 4.79 Å². The molecule has 176 valence electrons. The molecule has 0 radical (unpaired) electrons. The second-order valence-electron chi connectivity index (χ2n) is 9.98. The van der Waals surface area contributed by atoms with Gasteiger partial charge in [0.2, 0.25) is 0 Å². The summed E-state index contributed by atoms with van der Waals surface area (Å²) in [7, 11) is 0. The molecular weight excluding hydrogens is 432 g/mol. The van der Waals surface area contributed by atoms with Gasteiger partial charge in [0, 0.05) is 5.92 Å². The van der Waals surface area contributed by atoms with Gasteiger partial charge in [-0.2, -0.15) is 0 Å². The van der Waals surface area contributed by atoms with Crippen molar-refractivity contribution in [3.63, 3.8) is 0 Å². The maximum atomic E-state index is 11.8. The molecule has 0 aromatic heterocycles. The molecule has 0 amide bonds. The Morgan fingerprint density at radius 3 is 2.49 bits per heavy atom. The fourth-order valence-corrected chi connectivity index (χ4v) is 6.21. The first-order chi connectivity index (χ1) is 17.2. The van der Waals surface area contributed by atoms with Crippen molar-refractivity contribution in [1.29, 1.82) is 0 Å². The molecule has 1 saturated carbocycles. The summed E-state index contributed by atoms with van der Waals surface area (Å²) in [4.78, 5) is 11.8. The van der Waals surface area contributed by atoms with E-state index in [-0.39, 0.29) is 5.92 Å². The Balaban J connectivity index is 1.42. The first kappa shape index (κ1) is 21.9. The van der Waals surface area contributed by atoms with E-state index >= 15 is 0 Å². The fraction of sp³-hybridized carbons (Fsp3) is 0.281. The molecule has 1 unspecified atom stereocenters. The Morgan fingerprint density at radius 2 is 1.69 bits per heavy atom. The van der Waals surface area contributed by atoms with Crippen molar-refractivity contribution < 1.29 is 14.6 Å². The van der Waals surface area contributed by atoms with Crippen molar-refractivity contribution in [2.24, 2.45) is 5.92 Å². The van der Waals surface area contributed by atoms with Crippen LogP contribution in [0.3, 0.4) is 0 Å². The summed E-state index contributed by atoms with van der Waals surface area (Å²) in [6.07, 6.45) is 11.6. The summed E-state index contributed by atoms with van der Waals surface area (Å²) in [5.41, 5.74) is 9.31. The molecule has 3 nitrogen and oxygen atoms in total. The number of hydrogen-bond acceptors (Lipinski definition) is 2. The number of ether oxygens (including phenoxy) is 1. The van der Waals surface area contributed by atoms with Gasteiger partial charge in [-0.3, -0.25) is 0 Å². The van der Waals surface area contributed by atoms with E-state index in [0.717, 1.165) is 17.7 Å². The minimum Gasteiger partial charge on any atom is -0.489 e. The van der Waals surface area contributed by atoms with Gasteiger partial charge in [-0.1, -0.05) is 73.9 Å². The van der Waals surface area contributed by atoms with Crippen molar-refractivity contribution >= 4 is 23.2 Å². The largest absolute Gasteiger partial charge is 0.489 e. The maximum absolute atomic E-state index is 11.8. The fourth-order valence-electron chi connectivity index (χ4n) is 6.21. The Labute approximate surface area is 206 Å². The molecule has 0 heterocycles. The molecule has 0 aliphatic heterocycles. The maximum Gasteiger partial charge on any atom is 0.335 e. The van der Waals surface area contributed by atoms with E-state index in [2.05, 4.69) is 48.6 Å². The summed E-state index contributed by atoms with van der Waals surface area (Å²) in [6, 6.07) is 22.5. The summed E-state index contributed by atoms with van der Waals surface area (Å²) in [6.45, 7) is 0.547. The number of hydrogen-bond donors (Lipinski definition) is 1. The van der Waals surface area contributed by atoms with Crippen LogP contribution in [0.2, 0.25) is 0 Å². The minimum atomic E-state index is -0.856. The third-order valence-electron chi connectivity index (χ3n) is 7.85. The summed E-state index contributed by atoms with van der Waals surface area (Å²) in [5.74, 6) is 0.761. The number of carboxylic acids is 1. The van der Waals surface area contributed by atoms with E-state index in [9.17, 15) is 9.90 Å². The zero-order chi connectivity index (χ0) is 23.8. The van der Waals surface area contributed by atoms with Crippen LogP contribution in [0.15, 0.2) is 72.8 Å². The number of rotatable bonds is 5. The van der Waals surface area contributed by atoms with E-state index in [4.69, 9.17) is 4.74 Å². The molecule has 1 atom stereocenters. The van der Waals surface area contributed by atoms with Crippen LogP contribution in [0.1, 0.15) is 82.6 Å². The Hall–Kier alpha value is -3.59. The monoisotopic (exact) mass is 462 g/mol. The molecule has 1 N–H and O–H groups in total. The number of benzene rings is 3. The highest BCUT2D eigenvalue weighted by Crippen LogP contribution is 2.55. The predicted octanol–water partition coefficient (Wildman–Crippen LogP) is 7.97. The summed E-state index contributed by atoms with van der Waals surface area (Å²) < 4.78 is 6.14. The summed E-state index contributed by atoms with van der Waals surface area (Å²) in [5, 5.41) is 9.66. The van der Waals surface area contributed by atoms with Crippen LogP contribution in [0, 0.1) is 5.92 Å². The lowest BCUT2D eigenvalue weighted by Gasteiger charge is -2.26. The Bertz CT molecular complexity index is 1330. The van der Waals surface area contributed by atoms with Crippen molar-refractivity contribution in [3.05, 3.63) is 106 Å². The van der Waals surface area contributed by atoms with Crippen LogP contribution in [-0.4, -0.2) is 11.1 Å². The van der Waals surface area contributed by atoms with Crippen LogP contribution in [0.4, 0.5) is 0 Å². The van der Waals surface area contributed by atoms with E-state index in [1.807, 2.05) is 24.3 Å². The average molecular weight is 463 g/mol. The van der Waals surface area contributed by atoms with Crippen LogP contribution in [0.5, 0.6) is 5.75 Å². The van der Waals surface area contributed by atoms with Crippen LogP contribution in [-0.2, 0) is 6.61 Å². The van der Waals surface area contributed by atoms with E-state index in [0.29, 0.717) is 18.1 Å². The lowest BCUT2D eigenvalue weighted by atomic mass is 9.79. The molecule has 35 heavy (non-hydrogen) atoms. The molecule has 3 aromatic rings. The molecule has 0 saturated heterocycles. The number of carbonyl (C=O) groups is 1. The normalized spacial score (nSPS) is 19.0. The van der Waals surface area contributed by atoms with Crippen LogP contribution < -0.4 is 4.74 Å². The molecule has 0 spiro atoms. The number of fused-ring (bicyclic) bond motifs is 5. The number of allylic oxidation sites excluding steroid dienone is 3. The van der Waals surface area contributed by atoms with Gasteiger partial charge in [-0.15, -0.1) is 0 Å². The lowest BCUT2D eigenvalue weighted by Crippen LogP contribution is -2.09. The van der Waals surface area contributed by atoms with Crippen molar-refractivity contribution in [3.8, 4) is 5.75 Å². The van der Waals surface area contributed by atoms with Crippen molar-refractivity contribution in [1.82, 2.24) is 0 Å². The van der Waals surface area contributed by atoms with Gasteiger partial charge in [-0.05, 0) is 88.4 Å². The number of carboxylic acid groups (broad SMARTS) is 1. The average Bonchev–Trinajstić information content (AvgIpc) is 3.10. The molecule has 1 fully saturated rings. The van der Waals surface area contributed by atoms with Gasteiger partial charge in [0.05, 0.1) is 5.56 Å². The third-order valence-corrected chi connectivity index (χ3v) is 7.85. The molecule has 3 heteroatoms. The second kappa shape index (κ2) is 9.22. The van der Waals surface area contributed by atoms with E-state index in [1.54, 1.807) is 6.07 Å². The summed E-state index contributed by atoms with van der Waals surface area (Å²) >= 11 is 0. The molecule has 6 rings (SSSR count). The van der Waals surface area contributed by atoms with E-state index < -0.39 is 5.97 Å². The Kier molecular flexibility index (Phi) is 5.77. The van der Waals surface area contributed by atoms with Gasteiger partial charge >= 0.3 is 5.97 Å². The third kappa shape index (κ3) is 4.10. The van der Waals surface area contributed by atoms with Gasteiger partial charge < -0.3 is 9.84 Å². The molecule has 3 aliphatic rings. The topological polar surface area (TPSA) is 46.5 Å². The van der Waals surface area contributed by atoms with E-state index in [1.165, 1.54) is 65.5 Å². The SMILES string of the molecule is O=C(O)c1ccc2c(c1)C1CC=Cc3cc(OCc4ccccc4)ccc3C1=C2C1CCCCC1. The highest BCUT2D eigenvalue weighted by molar-refractivity contribution is 6.03. The Morgan fingerprint density at radius 1 is 0.886 bits per heavy atom. The first-order valence-corrected chi connectivity index (χ1v) is 12.8. The number of aromatic carboxylic acids is 1.